The van der Waals surface area contributed by atoms with Gasteiger partial charge in [-0.2, -0.15) is 0 Å². The molecule has 29 heavy (non-hydrogen) atoms. The third kappa shape index (κ3) is 3.91. The first-order valence-corrected chi connectivity index (χ1v) is 10.4. The molecular formula is C22H22N4O2S. The molecule has 4 aromatic rings. The maximum Gasteiger partial charge on any atom is 0.343 e. The second-order valence-electron chi connectivity index (χ2n) is 6.99. The second kappa shape index (κ2) is 8.13. The number of aromatic nitrogens is 4. The van der Waals surface area contributed by atoms with Gasteiger partial charge in [0.2, 0.25) is 0 Å². The van der Waals surface area contributed by atoms with E-state index in [2.05, 4.69) is 15.2 Å². The number of rotatable bonds is 7. The van der Waals surface area contributed by atoms with E-state index in [1.807, 2.05) is 68.4 Å². The number of hydrogen-bond donors (Lipinski definition) is 2. The molecule has 0 spiro atoms. The molecule has 4 rings (SSSR count). The summed E-state index contributed by atoms with van der Waals surface area (Å²) in [5.41, 5.74) is 3.40. The maximum atomic E-state index is 13.2. The van der Waals surface area contributed by atoms with Gasteiger partial charge in [-0.1, -0.05) is 60.3 Å². The molecule has 0 bridgehead atoms. The van der Waals surface area contributed by atoms with Crippen molar-refractivity contribution in [2.45, 2.75) is 37.2 Å². The molecule has 0 aliphatic carbocycles. The number of fused-ring (bicyclic) bond motifs is 1. The minimum Gasteiger partial charge on any atom is -0.358 e. The van der Waals surface area contributed by atoms with E-state index in [1.165, 1.54) is 11.8 Å². The van der Waals surface area contributed by atoms with Crippen molar-refractivity contribution in [2.24, 2.45) is 0 Å². The van der Waals surface area contributed by atoms with Crippen LogP contribution in [0.25, 0.3) is 10.9 Å². The molecule has 0 saturated heterocycles. The molecular weight excluding hydrogens is 384 g/mol. The molecule has 1 atom stereocenters. The van der Waals surface area contributed by atoms with E-state index in [0.29, 0.717) is 17.3 Å². The quantitative estimate of drug-likeness (QED) is 0.359. The summed E-state index contributed by atoms with van der Waals surface area (Å²) in [5.74, 6) is 0.0232. The average Bonchev–Trinajstić information content (AvgIpc) is 3.25. The molecule has 2 N–H and O–H groups in total. The fourth-order valence-electron chi connectivity index (χ4n) is 3.49. The molecule has 6 nitrogen and oxygen atoms in total. The molecule has 2 aromatic heterocycles. The standard InChI is InChI=1S/C22H22N4O2S/c1-14-19(17-10-6-7-11-18(17)23-14)20(27)15(2)29-22-25-24-21(28)26(22)13-12-16-8-4-3-5-9-16/h3-11,15,23H,12-13H2,1-2H3,(H,24,28). The molecule has 1 unspecified atom stereocenters. The summed E-state index contributed by atoms with van der Waals surface area (Å²) in [5, 5.41) is 7.74. The lowest BCUT2D eigenvalue weighted by atomic mass is 10.1. The lowest BCUT2D eigenvalue weighted by Gasteiger charge is -2.11. The van der Waals surface area contributed by atoms with Crippen molar-refractivity contribution in [3.8, 4) is 0 Å². The number of Topliss-reactive ketones (excluding diaryl/α,β-unsaturated/α-hetero) is 1. The van der Waals surface area contributed by atoms with Crippen LogP contribution in [-0.2, 0) is 13.0 Å². The van der Waals surface area contributed by atoms with Gasteiger partial charge in [0, 0.05) is 28.7 Å². The average molecular weight is 407 g/mol. The molecule has 0 radical (unpaired) electrons. The number of carbonyl (C=O) groups excluding carboxylic acids is 1. The lowest BCUT2D eigenvalue weighted by molar-refractivity contribution is 0.0995. The minimum absolute atomic E-state index is 0.0232. The van der Waals surface area contributed by atoms with E-state index in [9.17, 15) is 9.59 Å². The Bertz CT molecular complexity index is 1210. The van der Waals surface area contributed by atoms with Gasteiger partial charge in [-0.25, -0.2) is 9.89 Å². The van der Waals surface area contributed by atoms with Crippen LogP contribution in [0.2, 0.25) is 0 Å². The number of para-hydroxylation sites is 1. The Kier molecular flexibility index (Phi) is 5.40. The molecule has 0 amide bonds. The van der Waals surface area contributed by atoms with Crippen molar-refractivity contribution >= 4 is 28.4 Å². The van der Waals surface area contributed by atoms with E-state index in [-0.39, 0.29) is 16.7 Å². The zero-order valence-electron chi connectivity index (χ0n) is 16.3. The lowest BCUT2D eigenvalue weighted by Crippen LogP contribution is -2.20. The van der Waals surface area contributed by atoms with Crippen LogP contribution in [0.1, 0.15) is 28.5 Å². The molecule has 0 aliphatic rings. The van der Waals surface area contributed by atoms with Gasteiger partial charge in [0.15, 0.2) is 10.9 Å². The van der Waals surface area contributed by atoms with Gasteiger partial charge in [0.05, 0.1) is 5.25 Å². The third-order valence-corrected chi connectivity index (χ3v) is 6.07. The van der Waals surface area contributed by atoms with Gasteiger partial charge in [-0.3, -0.25) is 9.36 Å². The van der Waals surface area contributed by atoms with Crippen LogP contribution >= 0.6 is 11.8 Å². The summed E-state index contributed by atoms with van der Waals surface area (Å²) >= 11 is 1.31. The second-order valence-corrected chi connectivity index (χ2v) is 8.30. The minimum atomic E-state index is -0.376. The van der Waals surface area contributed by atoms with Crippen LogP contribution in [0.3, 0.4) is 0 Å². The predicted molar refractivity (Wildman–Crippen MR) is 116 cm³/mol. The Labute approximate surface area is 172 Å². The highest BCUT2D eigenvalue weighted by Crippen LogP contribution is 2.28. The largest absolute Gasteiger partial charge is 0.358 e. The number of thioether (sulfide) groups is 1. The summed E-state index contributed by atoms with van der Waals surface area (Å²) in [6, 6.07) is 17.8. The number of ketones is 1. The van der Waals surface area contributed by atoms with Crippen LogP contribution < -0.4 is 5.69 Å². The van der Waals surface area contributed by atoms with Crippen molar-refractivity contribution in [3.63, 3.8) is 0 Å². The zero-order valence-corrected chi connectivity index (χ0v) is 17.1. The van der Waals surface area contributed by atoms with E-state index in [0.717, 1.165) is 28.6 Å². The summed E-state index contributed by atoms with van der Waals surface area (Å²) in [4.78, 5) is 28.7. The van der Waals surface area contributed by atoms with Crippen molar-refractivity contribution in [1.82, 2.24) is 19.7 Å². The van der Waals surface area contributed by atoms with E-state index >= 15 is 0 Å². The summed E-state index contributed by atoms with van der Waals surface area (Å²) in [7, 11) is 0. The number of benzene rings is 2. The summed E-state index contributed by atoms with van der Waals surface area (Å²) < 4.78 is 1.60. The van der Waals surface area contributed by atoms with Crippen LogP contribution in [-0.4, -0.2) is 30.8 Å². The maximum absolute atomic E-state index is 13.2. The molecule has 0 fully saturated rings. The highest BCUT2D eigenvalue weighted by atomic mass is 32.2. The number of carbonyl (C=O) groups is 1. The predicted octanol–water partition coefficient (Wildman–Crippen LogP) is 3.97. The van der Waals surface area contributed by atoms with Crippen molar-refractivity contribution in [3.05, 3.63) is 81.9 Å². The Hall–Kier alpha value is -3.06. The number of H-pyrrole nitrogens is 2. The van der Waals surface area contributed by atoms with Crippen molar-refractivity contribution in [2.75, 3.05) is 0 Å². The van der Waals surface area contributed by atoms with Crippen LogP contribution in [0.5, 0.6) is 0 Å². The van der Waals surface area contributed by atoms with Crippen molar-refractivity contribution in [1.29, 1.82) is 0 Å². The van der Waals surface area contributed by atoms with Gasteiger partial charge in [0.25, 0.3) is 0 Å². The SMILES string of the molecule is Cc1[nH]c2ccccc2c1C(=O)C(C)Sc1n[nH]c(=O)n1CCc1ccccc1. The highest BCUT2D eigenvalue weighted by molar-refractivity contribution is 8.00. The van der Waals surface area contributed by atoms with E-state index in [4.69, 9.17) is 0 Å². The first-order valence-electron chi connectivity index (χ1n) is 9.52. The number of nitrogens with zero attached hydrogens (tertiary/aromatic N) is 2. The topological polar surface area (TPSA) is 83.5 Å². The number of aryl methyl sites for hydroxylation is 2. The first-order chi connectivity index (χ1) is 14.0. The Morgan fingerprint density at radius 3 is 2.66 bits per heavy atom. The van der Waals surface area contributed by atoms with Crippen molar-refractivity contribution < 1.29 is 4.79 Å². The summed E-state index contributed by atoms with van der Waals surface area (Å²) in [6.45, 7) is 4.28. The number of aromatic amines is 2. The highest BCUT2D eigenvalue weighted by Gasteiger charge is 2.24. The third-order valence-electron chi connectivity index (χ3n) is 4.98. The van der Waals surface area contributed by atoms with Gasteiger partial charge < -0.3 is 4.98 Å². The normalized spacial score (nSPS) is 12.3. The molecule has 2 aromatic carbocycles. The van der Waals surface area contributed by atoms with Gasteiger partial charge >= 0.3 is 5.69 Å². The Morgan fingerprint density at radius 2 is 1.86 bits per heavy atom. The van der Waals surface area contributed by atoms with Gasteiger partial charge in [-0.05, 0) is 31.9 Å². The van der Waals surface area contributed by atoms with Gasteiger partial charge in [0.1, 0.15) is 0 Å². The summed E-state index contributed by atoms with van der Waals surface area (Å²) in [6.07, 6.45) is 0.720. The number of nitrogens with one attached hydrogen (secondary N) is 2. The molecule has 2 heterocycles. The smallest absolute Gasteiger partial charge is 0.343 e. The Balaban J connectivity index is 1.54. The fourth-order valence-corrected chi connectivity index (χ4v) is 4.43. The fraction of sp³-hybridized carbons (Fsp3) is 0.227. The molecule has 0 saturated carbocycles. The van der Waals surface area contributed by atoms with Crippen LogP contribution in [0, 0.1) is 6.92 Å². The van der Waals surface area contributed by atoms with E-state index in [1.54, 1.807) is 4.57 Å². The Morgan fingerprint density at radius 1 is 1.14 bits per heavy atom. The zero-order chi connectivity index (χ0) is 20.4. The molecule has 0 aliphatic heterocycles. The molecule has 7 heteroatoms. The molecule has 148 valence electrons. The van der Waals surface area contributed by atoms with Crippen LogP contribution in [0.4, 0.5) is 0 Å². The number of hydrogen-bond acceptors (Lipinski definition) is 4. The van der Waals surface area contributed by atoms with Crippen LogP contribution in [0.15, 0.2) is 64.5 Å². The monoisotopic (exact) mass is 406 g/mol. The van der Waals surface area contributed by atoms with Gasteiger partial charge in [-0.15, -0.1) is 5.10 Å². The first kappa shape index (κ1) is 19.3. The van der Waals surface area contributed by atoms with E-state index < -0.39 is 0 Å².